The van der Waals surface area contributed by atoms with Gasteiger partial charge in [0.2, 0.25) is 0 Å². The Labute approximate surface area is 106 Å². The van der Waals surface area contributed by atoms with Crippen LogP contribution in [0, 0.1) is 17.1 Å². The van der Waals surface area contributed by atoms with Crippen molar-refractivity contribution in [2.45, 2.75) is 25.9 Å². The molecule has 0 amide bonds. The molecular formula is C13H17FN2S. The highest BCUT2D eigenvalue weighted by Crippen LogP contribution is 2.10. The summed E-state index contributed by atoms with van der Waals surface area (Å²) in [6, 6.07) is 6.99. The van der Waals surface area contributed by atoms with Crippen molar-refractivity contribution in [3.05, 3.63) is 35.1 Å². The van der Waals surface area contributed by atoms with Crippen LogP contribution in [-0.2, 0) is 6.54 Å². The van der Waals surface area contributed by atoms with Crippen molar-refractivity contribution in [3.8, 4) is 6.07 Å². The number of hydrogen-bond donors (Lipinski definition) is 1. The minimum Gasteiger partial charge on any atom is -0.309 e. The summed E-state index contributed by atoms with van der Waals surface area (Å²) in [7, 11) is 0. The van der Waals surface area contributed by atoms with E-state index < -0.39 is 5.82 Å². The van der Waals surface area contributed by atoms with E-state index in [4.69, 9.17) is 5.26 Å². The summed E-state index contributed by atoms with van der Waals surface area (Å²) in [4.78, 5) is 0. The fourth-order valence-corrected chi connectivity index (χ4v) is 2.31. The first-order chi connectivity index (χ1) is 8.21. The predicted molar refractivity (Wildman–Crippen MR) is 70.4 cm³/mol. The monoisotopic (exact) mass is 252 g/mol. The molecule has 4 heteroatoms. The molecule has 0 saturated heterocycles. The molecule has 0 aliphatic rings. The number of hydrogen-bond acceptors (Lipinski definition) is 3. The van der Waals surface area contributed by atoms with Gasteiger partial charge in [-0.2, -0.15) is 17.0 Å². The van der Waals surface area contributed by atoms with Crippen molar-refractivity contribution >= 4 is 11.8 Å². The maximum atomic E-state index is 13.1. The second kappa shape index (κ2) is 7.31. The molecule has 0 aliphatic heterocycles. The highest BCUT2D eigenvalue weighted by Gasteiger charge is 2.06. The Morgan fingerprint density at radius 1 is 1.53 bits per heavy atom. The lowest BCUT2D eigenvalue weighted by molar-refractivity contribution is 0.540. The molecule has 0 spiro atoms. The number of thioether (sulfide) groups is 1. The molecule has 1 aromatic carbocycles. The van der Waals surface area contributed by atoms with Crippen molar-refractivity contribution in [3.63, 3.8) is 0 Å². The zero-order valence-corrected chi connectivity index (χ0v) is 11.0. The first kappa shape index (κ1) is 14.0. The van der Waals surface area contributed by atoms with Crippen LogP contribution in [0.15, 0.2) is 18.2 Å². The van der Waals surface area contributed by atoms with Crippen molar-refractivity contribution in [1.82, 2.24) is 5.32 Å². The number of nitriles is 1. The minimum atomic E-state index is -0.451. The van der Waals surface area contributed by atoms with Crippen molar-refractivity contribution < 1.29 is 4.39 Å². The van der Waals surface area contributed by atoms with Crippen LogP contribution in [-0.4, -0.2) is 18.1 Å². The molecular weight excluding hydrogens is 235 g/mol. The Bertz CT molecular complexity index is 401. The third-order valence-corrected chi connectivity index (χ3v) is 3.34. The topological polar surface area (TPSA) is 35.8 Å². The number of halogens is 1. The van der Waals surface area contributed by atoms with Crippen LogP contribution in [0.1, 0.15) is 24.5 Å². The second-order valence-electron chi connectivity index (χ2n) is 3.87. The first-order valence-electron chi connectivity index (χ1n) is 5.62. The van der Waals surface area contributed by atoms with E-state index in [2.05, 4.69) is 18.5 Å². The fraction of sp³-hybridized carbons (Fsp3) is 0.462. The molecule has 0 radical (unpaired) electrons. The summed E-state index contributed by atoms with van der Waals surface area (Å²) >= 11 is 1.80. The van der Waals surface area contributed by atoms with Crippen LogP contribution in [0.3, 0.4) is 0 Å². The van der Waals surface area contributed by atoms with Crippen molar-refractivity contribution in [2.75, 3.05) is 12.0 Å². The number of nitrogens with zero attached hydrogens (tertiary/aromatic N) is 1. The minimum absolute atomic E-state index is 0.113. The molecule has 0 aromatic heterocycles. The van der Waals surface area contributed by atoms with E-state index in [0.717, 1.165) is 17.7 Å². The molecule has 0 fully saturated rings. The van der Waals surface area contributed by atoms with E-state index in [1.807, 2.05) is 6.07 Å². The van der Waals surface area contributed by atoms with E-state index in [1.54, 1.807) is 23.9 Å². The molecule has 1 atom stereocenters. The van der Waals surface area contributed by atoms with Crippen LogP contribution < -0.4 is 5.32 Å². The average molecular weight is 252 g/mol. The molecule has 0 saturated carbocycles. The Morgan fingerprint density at radius 2 is 2.29 bits per heavy atom. The highest BCUT2D eigenvalue weighted by atomic mass is 32.2. The first-order valence-corrected chi connectivity index (χ1v) is 7.01. The van der Waals surface area contributed by atoms with Gasteiger partial charge < -0.3 is 5.32 Å². The van der Waals surface area contributed by atoms with Crippen LogP contribution in [0.5, 0.6) is 0 Å². The van der Waals surface area contributed by atoms with Crippen LogP contribution >= 0.6 is 11.8 Å². The summed E-state index contributed by atoms with van der Waals surface area (Å²) in [6.07, 6.45) is 3.14. The zero-order valence-electron chi connectivity index (χ0n) is 10.2. The Balaban J connectivity index is 2.60. The van der Waals surface area contributed by atoms with Gasteiger partial charge in [0.05, 0.1) is 5.56 Å². The smallest absolute Gasteiger partial charge is 0.140 e. The average Bonchev–Trinajstić information content (AvgIpc) is 2.36. The maximum Gasteiger partial charge on any atom is 0.140 e. The Hall–Kier alpha value is -1.05. The number of nitrogens with one attached hydrogen (secondary N) is 1. The molecule has 0 bridgehead atoms. The third kappa shape index (κ3) is 4.37. The lowest BCUT2D eigenvalue weighted by Crippen LogP contribution is -2.30. The normalized spacial score (nSPS) is 12.1. The molecule has 17 heavy (non-hydrogen) atoms. The number of benzene rings is 1. The van der Waals surface area contributed by atoms with Crippen LogP contribution in [0.25, 0.3) is 0 Å². The van der Waals surface area contributed by atoms with Crippen molar-refractivity contribution in [2.24, 2.45) is 0 Å². The highest BCUT2D eigenvalue weighted by molar-refractivity contribution is 7.98. The van der Waals surface area contributed by atoms with Gasteiger partial charge in [0, 0.05) is 18.3 Å². The maximum absolute atomic E-state index is 13.1. The summed E-state index contributed by atoms with van der Waals surface area (Å²) < 4.78 is 13.1. The summed E-state index contributed by atoms with van der Waals surface area (Å²) in [5.41, 5.74) is 1.06. The van der Waals surface area contributed by atoms with Crippen LogP contribution in [0.4, 0.5) is 4.39 Å². The van der Waals surface area contributed by atoms with Gasteiger partial charge in [-0.15, -0.1) is 0 Å². The van der Waals surface area contributed by atoms with E-state index in [9.17, 15) is 4.39 Å². The second-order valence-corrected chi connectivity index (χ2v) is 4.78. The molecule has 0 heterocycles. The largest absolute Gasteiger partial charge is 0.309 e. The van der Waals surface area contributed by atoms with Gasteiger partial charge in [0.25, 0.3) is 0 Å². The standard InChI is InChI=1S/C13H17FN2S/c1-3-12(9-17-2)16-8-10-4-5-13(14)11(6-10)7-15/h4-6,12,16H,3,8-9H2,1-2H3. The van der Waals surface area contributed by atoms with Crippen LogP contribution in [0.2, 0.25) is 0 Å². The van der Waals surface area contributed by atoms with Crippen molar-refractivity contribution in [1.29, 1.82) is 5.26 Å². The molecule has 92 valence electrons. The Kier molecular flexibility index (Phi) is 6.03. The van der Waals surface area contributed by atoms with E-state index in [-0.39, 0.29) is 5.56 Å². The quantitative estimate of drug-likeness (QED) is 0.845. The van der Waals surface area contributed by atoms with E-state index in [1.165, 1.54) is 6.07 Å². The summed E-state index contributed by atoms with van der Waals surface area (Å²) in [5, 5.41) is 12.1. The fourth-order valence-electron chi connectivity index (χ4n) is 1.55. The molecule has 1 unspecified atom stereocenters. The predicted octanol–water partition coefficient (Wildman–Crippen LogP) is 2.93. The lowest BCUT2D eigenvalue weighted by Gasteiger charge is -2.15. The molecule has 2 nitrogen and oxygen atoms in total. The van der Waals surface area contributed by atoms with Gasteiger partial charge in [0.15, 0.2) is 0 Å². The summed E-state index contributed by atoms with van der Waals surface area (Å²) in [6.45, 7) is 2.81. The Morgan fingerprint density at radius 3 is 2.88 bits per heavy atom. The molecule has 1 aromatic rings. The molecule has 1 rings (SSSR count). The summed E-state index contributed by atoms with van der Waals surface area (Å²) in [5.74, 6) is 0.607. The van der Waals surface area contributed by atoms with Gasteiger partial charge in [-0.25, -0.2) is 4.39 Å². The van der Waals surface area contributed by atoms with Gasteiger partial charge in [0.1, 0.15) is 11.9 Å². The van der Waals surface area contributed by atoms with E-state index >= 15 is 0 Å². The SMILES string of the molecule is CCC(CSC)NCc1ccc(F)c(C#N)c1. The van der Waals surface area contributed by atoms with E-state index in [0.29, 0.717) is 12.6 Å². The molecule has 0 aliphatic carbocycles. The van der Waals surface area contributed by atoms with Gasteiger partial charge >= 0.3 is 0 Å². The third-order valence-electron chi connectivity index (χ3n) is 2.61. The zero-order chi connectivity index (χ0) is 12.7. The van der Waals surface area contributed by atoms with Gasteiger partial charge in [-0.3, -0.25) is 0 Å². The lowest BCUT2D eigenvalue weighted by atomic mass is 10.1. The van der Waals surface area contributed by atoms with Gasteiger partial charge in [-0.05, 0) is 30.4 Å². The number of rotatable bonds is 6. The molecule has 1 N–H and O–H groups in total. The van der Waals surface area contributed by atoms with Gasteiger partial charge in [-0.1, -0.05) is 13.0 Å².